The minimum Gasteiger partial charge on any atom is -0.491 e. The van der Waals surface area contributed by atoms with Crippen molar-refractivity contribution in [1.82, 2.24) is 4.57 Å². The molecule has 0 amide bonds. The van der Waals surface area contributed by atoms with E-state index in [1.165, 1.54) is 0 Å². The molecule has 124 valence electrons. The molecule has 24 heavy (non-hydrogen) atoms. The van der Waals surface area contributed by atoms with Crippen LogP contribution in [0.5, 0.6) is 5.75 Å². The molecule has 0 spiro atoms. The van der Waals surface area contributed by atoms with E-state index in [0.29, 0.717) is 6.32 Å². The van der Waals surface area contributed by atoms with Crippen LogP contribution < -0.4 is 10.2 Å². The van der Waals surface area contributed by atoms with Crippen molar-refractivity contribution < 1.29 is 9.76 Å². The maximum Gasteiger partial charge on any atom is 0.292 e. The van der Waals surface area contributed by atoms with E-state index in [2.05, 4.69) is 0 Å². The largest absolute Gasteiger partial charge is 0.491 e. The van der Waals surface area contributed by atoms with E-state index < -0.39 is 0 Å². The zero-order chi connectivity index (χ0) is 17.1. The summed E-state index contributed by atoms with van der Waals surface area (Å²) in [6, 6.07) is 11.2. The van der Waals surface area contributed by atoms with Crippen molar-refractivity contribution in [1.29, 1.82) is 0 Å². The van der Waals surface area contributed by atoms with Gasteiger partial charge in [0, 0.05) is 29.7 Å². The zero-order valence-electron chi connectivity index (χ0n) is 14.1. The molecule has 1 aliphatic heterocycles. The predicted octanol–water partition coefficient (Wildman–Crippen LogP) is 3.23. The van der Waals surface area contributed by atoms with Gasteiger partial charge in [-0.2, -0.15) is 0 Å². The Morgan fingerprint density at radius 1 is 1.25 bits per heavy atom. The Labute approximate surface area is 142 Å². The molecule has 4 nitrogen and oxygen atoms in total. The molecule has 0 radical (unpaired) electrons. The molecule has 0 bridgehead atoms. The second kappa shape index (κ2) is 7.10. The molecule has 0 unspecified atom stereocenters. The first-order valence-electron chi connectivity index (χ1n) is 8.34. The topological polar surface area (TPSA) is 51.5 Å². The van der Waals surface area contributed by atoms with E-state index in [1.807, 2.05) is 55.0 Å². The zero-order valence-corrected chi connectivity index (χ0v) is 14.1. The van der Waals surface area contributed by atoms with Crippen molar-refractivity contribution in [3.8, 4) is 5.75 Å². The first kappa shape index (κ1) is 16.6. The summed E-state index contributed by atoms with van der Waals surface area (Å²) in [7, 11) is 0. The van der Waals surface area contributed by atoms with Crippen LogP contribution in [0, 0.1) is 13.8 Å². The summed E-state index contributed by atoms with van der Waals surface area (Å²) in [4.78, 5) is 11.5. The number of benzene rings is 1. The van der Waals surface area contributed by atoms with Gasteiger partial charge in [0.25, 0.3) is 6.92 Å². The fourth-order valence-corrected chi connectivity index (χ4v) is 3.17. The van der Waals surface area contributed by atoms with Gasteiger partial charge in [0.05, 0.1) is 6.10 Å². The Morgan fingerprint density at radius 3 is 2.67 bits per heavy atom. The minimum absolute atomic E-state index is 0.0313. The molecule has 0 saturated carbocycles. The van der Waals surface area contributed by atoms with Gasteiger partial charge in [0.15, 0.2) is 5.43 Å². The van der Waals surface area contributed by atoms with Crippen molar-refractivity contribution in [2.45, 2.75) is 39.0 Å². The highest BCUT2D eigenvalue weighted by Crippen LogP contribution is 2.25. The van der Waals surface area contributed by atoms with Crippen LogP contribution in [0.2, 0.25) is 12.6 Å². The van der Waals surface area contributed by atoms with E-state index in [0.717, 1.165) is 35.4 Å². The third-order valence-electron chi connectivity index (χ3n) is 4.40. The van der Waals surface area contributed by atoms with Crippen LogP contribution in [-0.4, -0.2) is 22.6 Å². The lowest BCUT2D eigenvalue weighted by Gasteiger charge is -2.13. The summed E-state index contributed by atoms with van der Waals surface area (Å²) in [6.45, 7) is 3.61. The maximum absolute atomic E-state index is 11.5. The fraction of sp³-hybridized carbons (Fsp3) is 0.316. The normalized spacial score (nSPS) is 17.6. The highest BCUT2D eigenvalue weighted by molar-refractivity contribution is 6.51. The third kappa shape index (κ3) is 3.98. The first-order valence-corrected chi connectivity index (χ1v) is 8.34. The summed E-state index contributed by atoms with van der Waals surface area (Å²) >= 11 is 0. The average Bonchev–Trinajstić information content (AvgIpc) is 2.91. The number of rotatable bonds is 4. The molecule has 2 heterocycles. The molecule has 3 rings (SSSR count). The van der Waals surface area contributed by atoms with E-state index in [1.54, 1.807) is 12.1 Å². The van der Waals surface area contributed by atoms with E-state index >= 15 is 0 Å². The van der Waals surface area contributed by atoms with E-state index in [9.17, 15) is 9.82 Å². The molecule has 1 aromatic heterocycles. The summed E-state index contributed by atoms with van der Waals surface area (Å²) < 4.78 is 7.95. The van der Waals surface area contributed by atoms with Crippen LogP contribution in [-0.2, 0) is 0 Å². The summed E-state index contributed by atoms with van der Waals surface area (Å²) in [5.74, 6) is 0.824. The number of hydrogen-bond donors (Lipinski definition) is 1. The lowest BCUT2D eigenvalue weighted by atomic mass is 9.67. The SMILES string of the molecule is Cc1cc(=O)cc(C)n1/C=C/c1cccc(O[C@@H]2CCB(O)C2)c1. The van der Waals surface area contributed by atoms with Crippen molar-refractivity contribution in [3.63, 3.8) is 0 Å². The fourth-order valence-electron chi connectivity index (χ4n) is 3.17. The molecule has 5 heteroatoms. The van der Waals surface area contributed by atoms with Gasteiger partial charge in [-0.05, 0) is 56.7 Å². The Kier molecular flexibility index (Phi) is 4.90. The molecular formula is C19H22BNO3. The summed E-state index contributed by atoms with van der Waals surface area (Å²) in [6.07, 6.45) is 6.48. The standard InChI is InChI=1S/C19H22BNO3/c1-14-10-17(22)11-15(2)21(14)9-7-16-4-3-5-18(12-16)24-19-6-8-20(23)13-19/h3-5,7,9-12,19,23H,6,8,13H2,1-2H3/b9-7+/t19-/m1/s1. The number of aromatic nitrogens is 1. The smallest absolute Gasteiger partial charge is 0.292 e. The number of pyridine rings is 1. The Hall–Kier alpha value is -2.27. The molecule has 1 aromatic carbocycles. The number of aryl methyl sites for hydroxylation is 2. The molecule has 1 aliphatic rings. The average molecular weight is 323 g/mol. The van der Waals surface area contributed by atoms with Crippen LogP contribution in [0.25, 0.3) is 12.3 Å². The van der Waals surface area contributed by atoms with Crippen molar-refractivity contribution in [2.75, 3.05) is 0 Å². The van der Waals surface area contributed by atoms with Gasteiger partial charge in [-0.25, -0.2) is 0 Å². The molecule has 1 fully saturated rings. The van der Waals surface area contributed by atoms with Gasteiger partial charge >= 0.3 is 0 Å². The van der Waals surface area contributed by atoms with Crippen LogP contribution in [0.1, 0.15) is 23.4 Å². The van der Waals surface area contributed by atoms with Gasteiger partial charge in [-0.15, -0.1) is 0 Å². The molecule has 0 aliphatic carbocycles. The van der Waals surface area contributed by atoms with Gasteiger partial charge in [-0.3, -0.25) is 4.79 Å². The van der Waals surface area contributed by atoms with Gasteiger partial charge in [0.1, 0.15) is 5.75 Å². The first-order chi connectivity index (χ1) is 11.5. The monoisotopic (exact) mass is 323 g/mol. The van der Waals surface area contributed by atoms with E-state index in [-0.39, 0.29) is 18.4 Å². The van der Waals surface area contributed by atoms with Crippen LogP contribution in [0.3, 0.4) is 0 Å². The van der Waals surface area contributed by atoms with Crippen LogP contribution in [0.15, 0.2) is 41.2 Å². The second-order valence-corrected chi connectivity index (χ2v) is 6.44. The van der Waals surface area contributed by atoms with E-state index in [4.69, 9.17) is 4.74 Å². The highest BCUT2D eigenvalue weighted by atomic mass is 16.5. The molecule has 1 atom stereocenters. The van der Waals surface area contributed by atoms with Crippen molar-refractivity contribution in [3.05, 3.63) is 63.6 Å². The summed E-state index contributed by atoms with van der Waals surface area (Å²) in [5.41, 5.74) is 2.87. The van der Waals surface area contributed by atoms with Gasteiger partial charge in [0.2, 0.25) is 0 Å². The quantitative estimate of drug-likeness (QED) is 0.879. The maximum atomic E-state index is 11.5. The Morgan fingerprint density at radius 2 is 2.00 bits per heavy atom. The van der Waals surface area contributed by atoms with Crippen LogP contribution in [0.4, 0.5) is 0 Å². The number of hydrogen-bond acceptors (Lipinski definition) is 3. The summed E-state index contributed by atoms with van der Waals surface area (Å²) in [5, 5.41) is 9.60. The lowest BCUT2D eigenvalue weighted by molar-refractivity contribution is 0.225. The predicted molar refractivity (Wildman–Crippen MR) is 98.5 cm³/mol. The molecule has 1 N–H and O–H groups in total. The van der Waals surface area contributed by atoms with Crippen molar-refractivity contribution in [2.24, 2.45) is 0 Å². The molecule has 1 saturated heterocycles. The van der Waals surface area contributed by atoms with Gasteiger partial charge < -0.3 is 14.3 Å². The van der Waals surface area contributed by atoms with Crippen molar-refractivity contribution >= 4 is 19.2 Å². The number of ether oxygens (including phenoxy) is 1. The minimum atomic E-state index is -0.232. The van der Waals surface area contributed by atoms with Gasteiger partial charge in [-0.1, -0.05) is 12.1 Å². The highest BCUT2D eigenvalue weighted by Gasteiger charge is 2.27. The third-order valence-corrected chi connectivity index (χ3v) is 4.40. The molecular weight excluding hydrogens is 301 g/mol. The lowest BCUT2D eigenvalue weighted by Crippen LogP contribution is -2.14. The Balaban J connectivity index is 1.76. The second-order valence-electron chi connectivity index (χ2n) is 6.44. The number of nitrogens with zero attached hydrogens (tertiary/aromatic N) is 1. The van der Waals surface area contributed by atoms with Crippen LogP contribution >= 0.6 is 0 Å². The molecule has 2 aromatic rings. The Bertz CT molecular complexity index is 786.